The van der Waals surface area contributed by atoms with Crippen LogP contribution in [0, 0.1) is 10.1 Å². The number of halogens is 1. The van der Waals surface area contributed by atoms with Crippen LogP contribution in [0.4, 0.5) is 5.69 Å². The normalized spacial score (nSPS) is 10.6. The van der Waals surface area contributed by atoms with Crippen LogP contribution in [0.5, 0.6) is 5.75 Å². The van der Waals surface area contributed by atoms with Gasteiger partial charge in [-0.25, -0.2) is 0 Å². The van der Waals surface area contributed by atoms with Crippen LogP contribution in [0.2, 0.25) is 0 Å². The van der Waals surface area contributed by atoms with Gasteiger partial charge in [-0.05, 0) is 35.9 Å². The molecule has 128 valence electrons. The molecule has 0 saturated carbocycles. The van der Waals surface area contributed by atoms with E-state index in [2.05, 4.69) is 26.1 Å². The number of ether oxygens (including phenoxy) is 1. The third-order valence-corrected chi connectivity index (χ3v) is 4.61. The molecule has 2 aromatic carbocycles. The van der Waals surface area contributed by atoms with E-state index in [4.69, 9.17) is 9.15 Å². The molecule has 25 heavy (non-hydrogen) atoms. The lowest BCUT2D eigenvalue weighted by atomic mass is 10.2. The molecule has 1 heterocycles. The third-order valence-electron chi connectivity index (χ3n) is 3.26. The predicted octanol–water partition coefficient (Wildman–Crippen LogP) is 4.71. The maximum Gasteiger partial charge on any atom is 0.277 e. The van der Waals surface area contributed by atoms with Crippen molar-refractivity contribution in [2.45, 2.75) is 11.0 Å². The molecule has 0 radical (unpaired) electrons. The Labute approximate surface area is 155 Å². The summed E-state index contributed by atoms with van der Waals surface area (Å²) in [6, 6.07) is 12.1. The smallest absolute Gasteiger partial charge is 0.277 e. The minimum absolute atomic E-state index is 0.0365. The second kappa shape index (κ2) is 7.66. The largest absolute Gasteiger partial charge is 0.497 e. The van der Waals surface area contributed by atoms with Crippen molar-refractivity contribution in [3.05, 3.63) is 62.6 Å². The molecule has 0 aliphatic heterocycles. The van der Waals surface area contributed by atoms with Gasteiger partial charge in [-0.1, -0.05) is 27.7 Å². The highest BCUT2D eigenvalue weighted by Crippen LogP contribution is 2.29. The summed E-state index contributed by atoms with van der Waals surface area (Å²) >= 11 is 4.60. The maximum absolute atomic E-state index is 10.9. The van der Waals surface area contributed by atoms with Crippen molar-refractivity contribution in [2.24, 2.45) is 0 Å². The van der Waals surface area contributed by atoms with Crippen molar-refractivity contribution in [1.29, 1.82) is 0 Å². The molecular formula is C16H12BrN3O4S. The molecule has 0 fully saturated rings. The van der Waals surface area contributed by atoms with E-state index >= 15 is 0 Å². The minimum Gasteiger partial charge on any atom is -0.497 e. The highest BCUT2D eigenvalue weighted by molar-refractivity contribution is 9.10. The number of rotatable bonds is 6. The lowest BCUT2D eigenvalue weighted by Gasteiger charge is -2.01. The molecular weight excluding hydrogens is 410 g/mol. The number of nitro groups is 1. The highest BCUT2D eigenvalue weighted by Gasteiger charge is 2.12. The van der Waals surface area contributed by atoms with Gasteiger partial charge in [0.15, 0.2) is 0 Å². The van der Waals surface area contributed by atoms with Gasteiger partial charge in [-0.3, -0.25) is 10.1 Å². The van der Waals surface area contributed by atoms with Crippen LogP contribution >= 0.6 is 27.7 Å². The first kappa shape index (κ1) is 17.4. The molecule has 0 spiro atoms. The van der Waals surface area contributed by atoms with Crippen LogP contribution in [0.1, 0.15) is 5.56 Å². The fourth-order valence-electron chi connectivity index (χ4n) is 2.09. The van der Waals surface area contributed by atoms with Crippen LogP contribution in [0.25, 0.3) is 11.5 Å². The number of benzene rings is 2. The molecule has 7 nitrogen and oxygen atoms in total. The van der Waals surface area contributed by atoms with E-state index in [0.29, 0.717) is 21.3 Å². The standard InChI is InChI=1S/C16H12BrN3O4S/c1-23-14-4-2-11(3-5-14)15-18-19-16(24-15)25-9-10-6-12(17)8-13(7-10)20(21)22/h2-8H,9H2,1H3. The third kappa shape index (κ3) is 4.37. The van der Waals surface area contributed by atoms with Crippen LogP contribution < -0.4 is 4.74 Å². The molecule has 3 aromatic rings. The SMILES string of the molecule is COc1ccc(-c2nnc(SCc3cc(Br)cc([N+](=O)[O-])c3)o2)cc1. The lowest BCUT2D eigenvalue weighted by Crippen LogP contribution is -1.90. The molecule has 0 bridgehead atoms. The van der Waals surface area contributed by atoms with Gasteiger partial charge in [0, 0.05) is 27.9 Å². The van der Waals surface area contributed by atoms with Gasteiger partial charge in [0.1, 0.15) is 5.75 Å². The van der Waals surface area contributed by atoms with Gasteiger partial charge in [0.05, 0.1) is 12.0 Å². The molecule has 0 atom stereocenters. The summed E-state index contributed by atoms with van der Waals surface area (Å²) in [5, 5.41) is 19.3. The first-order valence-corrected chi connectivity index (χ1v) is 8.87. The number of methoxy groups -OCH3 is 1. The second-order valence-electron chi connectivity index (χ2n) is 4.97. The van der Waals surface area contributed by atoms with E-state index in [0.717, 1.165) is 16.9 Å². The molecule has 0 N–H and O–H groups in total. The van der Waals surface area contributed by atoms with Crippen molar-refractivity contribution in [3.63, 3.8) is 0 Å². The van der Waals surface area contributed by atoms with Gasteiger partial charge in [0.2, 0.25) is 5.89 Å². The van der Waals surface area contributed by atoms with E-state index in [-0.39, 0.29) is 5.69 Å². The second-order valence-corrected chi connectivity index (χ2v) is 6.81. The average Bonchev–Trinajstić information content (AvgIpc) is 3.08. The van der Waals surface area contributed by atoms with Crippen molar-refractivity contribution in [2.75, 3.05) is 7.11 Å². The quantitative estimate of drug-likeness (QED) is 0.323. The summed E-state index contributed by atoms with van der Waals surface area (Å²) in [6.07, 6.45) is 0. The Bertz CT molecular complexity index is 899. The van der Waals surface area contributed by atoms with Crippen LogP contribution in [0.15, 0.2) is 56.6 Å². The van der Waals surface area contributed by atoms with E-state index in [9.17, 15) is 10.1 Å². The van der Waals surface area contributed by atoms with Crippen molar-refractivity contribution < 1.29 is 14.1 Å². The molecule has 9 heteroatoms. The minimum atomic E-state index is -0.423. The van der Waals surface area contributed by atoms with E-state index in [1.165, 1.54) is 23.9 Å². The Kier molecular flexibility index (Phi) is 5.34. The van der Waals surface area contributed by atoms with Gasteiger partial charge in [0.25, 0.3) is 10.9 Å². The maximum atomic E-state index is 10.9. The zero-order valence-electron chi connectivity index (χ0n) is 13.0. The molecule has 3 rings (SSSR count). The van der Waals surface area contributed by atoms with E-state index in [1.54, 1.807) is 7.11 Å². The first-order chi connectivity index (χ1) is 12.0. The van der Waals surface area contributed by atoms with Gasteiger partial charge >= 0.3 is 0 Å². The Hall–Kier alpha value is -2.39. The molecule has 0 amide bonds. The fourth-order valence-corrected chi connectivity index (χ4v) is 3.31. The van der Waals surface area contributed by atoms with Crippen molar-refractivity contribution >= 4 is 33.4 Å². The van der Waals surface area contributed by atoms with Crippen LogP contribution in [-0.4, -0.2) is 22.2 Å². The Balaban J connectivity index is 1.70. The Morgan fingerprint density at radius 1 is 1.24 bits per heavy atom. The fraction of sp³-hybridized carbons (Fsp3) is 0.125. The lowest BCUT2D eigenvalue weighted by molar-refractivity contribution is -0.385. The molecule has 0 aliphatic rings. The molecule has 0 aliphatic carbocycles. The molecule has 1 aromatic heterocycles. The number of non-ortho nitro benzene ring substituents is 1. The zero-order chi connectivity index (χ0) is 17.8. The number of nitrogens with zero attached hydrogens (tertiary/aromatic N) is 3. The zero-order valence-corrected chi connectivity index (χ0v) is 15.4. The van der Waals surface area contributed by atoms with E-state index < -0.39 is 4.92 Å². The molecule has 0 unspecified atom stereocenters. The van der Waals surface area contributed by atoms with Gasteiger partial charge in [-0.2, -0.15) is 0 Å². The number of hydrogen-bond donors (Lipinski definition) is 0. The average molecular weight is 422 g/mol. The topological polar surface area (TPSA) is 91.3 Å². The summed E-state index contributed by atoms with van der Waals surface area (Å²) in [4.78, 5) is 10.5. The highest BCUT2D eigenvalue weighted by atomic mass is 79.9. The molecule has 0 saturated heterocycles. The summed E-state index contributed by atoms with van der Waals surface area (Å²) in [5.74, 6) is 1.63. The Morgan fingerprint density at radius 3 is 2.68 bits per heavy atom. The number of nitro benzene ring substituents is 1. The van der Waals surface area contributed by atoms with Crippen LogP contribution in [0.3, 0.4) is 0 Å². The summed E-state index contributed by atoms with van der Waals surface area (Å²) in [6.45, 7) is 0. The number of thioether (sulfide) groups is 1. The number of hydrogen-bond acceptors (Lipinski definition) is 7. The Morgan fingerprint density at radius 2 is 2.00 bits per heavy atom. The predicted molar refractivity (Wildman–Crippen MR) is 96.6 cm³/mol. The first-order valence-electron chi connectivity index (χ1n) is 7.10. The van der Waals surface area contributed by atoms with Gasteiger partial charge in [-0.15, -0.1) is 10.2 Å². The van der Waals surface area contributed by atoms with Gasteiger partial charge < -0.3 is 9.15 Å². The van der Waals surface area contributed by atoms with Crippen LogP contribution in [-0.2, 0) is 5.75 Å². The van der Waals surface area contributed by atoms with Crippen molar-refractivity contribution in [1.82, 2.24) is 10.2 Å². The summed E-state index contributed by atoms with van der Waals surface area (Å²) in [5.41, 5.74) is 1.61. The van der Waals surface area contributed by atoms with E-state index in [1.807, 2.05) is 30.3 Å². The van der Waals surface area contributed by atoms with Crippen molar-refractivity contribution in [3.8, 4) is 17.2 Å². The number of aromatic nitrogens is 2. The monoisotopic (exact) mass is 421 g/mol. The summed E-state index contributed by atoms with van der Waals surface area (Å²) in [7, 11) is 1.60. The summed E-state index contributed by atoms with van der Waals surface area (Å²) < 4.78 is 11.4.